The van der Waals surface area contributed by atoms with E-state index in [2.05, 4.69) is 11.8 Å². The molecule has 2 fully saturated rings. The van der Waals surface area contributed by atoms with E-state index in [0.29, 0.717) is 32.1 Å². The molecule has 4 aliphatic carbocycles. The number of hydrogen-bond acceptors (Lipinski definition) is 3. The van der Waals surface area contributed by atoms with Crippen molar-refractivity contribution in [3.63, 3.8) is 0 Å². The van der Waals surface area contributed by atoms with Gasteiger partial charge in [0.25, 0.3) is 0 Å². The molecule has 0 bridgehead atoms. The van der Waals surface area contributed by atoms with Gasteiger partial charge in [0.15, 0.2) is 5.78 Å². The van der Waals surface area contributed by atoms with Crippen molar-refractivity contribution in [3.8, 4) is 11.8 Å². The third kappa shape index (κ3) is 3.11. The summed E-state index contributed by atoms with van der Waals surface area (Å²) in [5, 5.41) is 11.9. The smallest absolute Gasteiger partial charge is 0.156 e. The maximum absolute atomic E-state index is 12.3. The normalized spacial score (nSPS) is 41.2. The first-order valence-corrected chi connectivity index (χ1v) is 11.4. The van der Waals surface area contributed by atoms with E-state index in [4.69, 9.17) is 13.7 Å². The summed E-state index contributed by atoms with van der Waals surface area (Å²) in [5.74, 6) is 5.28. The average molecular weight is 440 g/mol. The zero-order valence-corrected chi connectivity index (χ0v) is 18.6. The van der Waals surface area contributed by atoms with Gasteiger partial charge in [-0.15, -0.1) is 5.92 Å². The van der Waals surface area contributed by atoms with Crippen LogP contribution in [0.5, 0.6) is 0 Å². The number of anilines is 1. The molecule has 0 amide bonds. The molecule has 0 heterocycles. The number of carbonyl (C=O) groups is 1. The molecule has 0 saturated heterocycles. The molecule has 0 aromatic heterocycles. The third-order valence-electron chi connectivity index (χ3n) is 8.42. The molecule has 0 aliphatic heterocycles. The van der Waals surface area contributed by atoms with Gasteiger partial charge in [0.2, 0.25) is 0 Å². The molecule has 0 spiro atoms. The van der Waals surface area contributed by atoms with Crippen LogP contribution in [0.15, 0.2) is 47.0 Å². The lowest BCUT2D eigenvalue weighted by atomic mass is 9.51. The van der Waals surface area contributed by atoms with Gasteiger partial charge >= 0.3 is 0 Å². The number of aliphatic hydroxyl groups is 1. The monoisotopic (exact) mass is 439 g/mol. The highest BCUT2D eigenvalue weighted by atomic mass is 16.3. The van der Waals surface area contributed by atoms with Gasteiger partial charge in [-0.2, -0.15) is 0 Å². The van der Waals surface area contributed by atoms with E-state index in [1.165, 1.54) is 0 Å². The van der Waals surface area contributed by atoms with Gasteiger partial charge in [-0.1, -0.05) is 30.5 Å². The standard InChI is InChI=1S/C29H35NO2/c1-5-15-29(32)16-14-26-24-12-8-20-17-22(31)11-13-23(20)27(24)25(18-28(26,29)2)19-6-9-21(10-7-19)30(3)4/h6-7,9-10,17,24-26,32H,8,11-14,16,18H2,1-4H3/t24-,25+,26-,28-,29-/m0/s1/i3D3,4D3,6D,7D,9D,10D. The largest absolute Gasteiger partial charge is 0.378 e. The summed E-state index contributed by atoms with van der Waals surface area (Å²) in [7, 11) is 0. The molecule has 1 aromatic carbocycles. The van der Waals surface area contributed by atoms with Gasteiger partial charge in [0.1, 0.15) is 5.60 Å². The molecule has 0 radical (unpaired) electrons. The molecule has 4 aliphatic rings. The van der Waals surface area contributed by atoms with Crippen molar-refractivity contribution in [1.82, 2.24) is 0 Å². The van der Waals surface area contributed by atoms with Crippen molar-refractivity contribution in [1.29, 1.82) is 0 Å². The lowest BCUT2D eigenvalue weighted by Crippen LogP contribution is -2.51. The minimum Gasteiger partial charge on any atom is -0.378 e. The molecule has 5 atom stereocenters. The summed E-state index contributed by atoms with van der Waals surface area (Å²) in [6, 6.07) is -2.50. The number of rotatable bonds is 2. The first-order chi connectivity index (χ1) is 19.4. The van der Waals surface area contributed by atoms with Gasteiger partial charge in [-0.05, 0) is 92.2 Å². The van der Waals surface area contributed by atoms with Crippen LogP contribution in [-0.4, -0.2) is 30.4 Å². The Morgan fingerprint density at radius 1 is 1.19 bits per heavy atom. The Morgan fingerprint density at radius 3 is 2.69 bits per heavy atom. The number of hydrogen-bond donors (Lipinski definition) is 1. The van der Waals surface area contributed by atoms with Crippen molar-refractivity contribution >= 4 is 11.5 Å². The van der Waals surface area contributed by atoms with Crippen molar-refractivity contribution in [2.24, 2.45) is 17.3 Å². The molecule has 5 rings (SSSR count). The molecule has 168 valence electrons. The number of carbonyl (C=O) groups excluding carboxylic acids is 1. The van der Waals surface area contributed by atoms with Crippen LogP contribution in [0.25, 0.3) is 0 Å². The van der Waals surface area contributed by atoms with Gasteiger partial charge in [0.05, 0.1) is 5.48 Å². The molecule has 1 aromatic rings. The Balaban J connectivity index is 1.80. The molecule has 2 saturated carbocycles. The quantitative estimate of drug-likeness (QED) is 0.627. The number of nitrogens with zero attached hydrogens (tertiary/aromatic N) is 1. The second-order valence-corrected chi connectivity index (χ2v) is 9.87. The van der Waals surface area contributed by atoms with Crippen molar-refractivity contribution in [2.45, 2.75) is 70.3 Å². The molecule has 3 heteroatoms. The number of fused-ring (bicyclic) bond motifs is 4. The Hall–Kier alpha value is -2.31. The molecule has 3 nitrogen and oxygen atoms in total. The fraction of sp³-hybridized carbons (Fsp3) is 0.552. The van der Waals surface area contributed by atoms with E-state index in [0.717, 1.165) is 23.1 Å². The maximum atomic E-state index is 12.3. The van der Waals surface area contributed by atoms with E-state index < -0.39 is 60.7 Å². The van der Waals surface area contributed by atoms with E-state index in [9.17, 15) is 9.90 Å². The van der Waals surface area contributed by atoms with Crippen LogP contribution in [0.1, 0.15) is 84.0 Å². The highest BCUT2D eigenvalue weighted by Gasteiger charge is 2.62. The Morgan fingerprint density at radius 2 is 1.97 bits per heavy atom. The number of allylic oxidation sites excluding steroid dienone is 4. The van der Waals surface area contributed by atoms with Gasteiger partial charge in [-0.25, -0.2) is 0 Å². The summed E-state index contributed by atoms with van der Waals surface area (Å²) in [4.78, 5) is 12.3. The summed E-state index contributed by atoms with van der Waals surface area (Å²) in [6.07, 6.45) is 5.36. The van der Waals surface area contributed by atoms with Crippen molar-refractivity contribution in [3.05, 3.63) is 52.5 Å². The Labute approximate surface area is 206 Å². The summed E-state index contributed by atoms with van der Waals surface area (Å²) in [5.41, 5.74) is 0.0769. The summed E-state index contributed by atoms with van der Waals surface area (Å²) >= 11 is 0. The van der Waals surface area contributed by atoms with Crippen LogP contribution in [0.4, 0.5) is 5.69 Å². The zero-order chi connectivity index (χ0) is 31.2. The predicted molar refractivity (Wildman–Crippen MR) is 129 cm³/mol. The second kappa shape index (κ2) is 7.63. The van der Waals surface area contributed by atoms with Crippen LogP contribution in [0.3, 0.4) is 0 Å². The van der Waals surface area contributed by atoms with Crippen LogP contribution in [0, 0.1) is 29.1 Å². The van der Waals surface area contributed by atoms with E-state index >= 15 is 0 Å². The second-order valence-electron chi connectivity index (χ2n) is 9.87. The lowest BCUT2D eigenvalue weighted by Gasteiger charge is -2.53. The highest BCUT2D eigenvalue weighted by Crippen LogP contribution is 2.66. The zero-order valence-electron chi connectivity index (χ0n) is 28.6. The number of benzene rings is 1. The van der Waals surface area contributed by atoms with Crippen LogP contribution in [-0.2, 0) is 4.79 Å². The third-order valence-corrected chi connectivity index (χ3v) is 8.42. The van der Waals surface area contributed by atoms with Crippen LogP contribution < -0.4 is 4.90 Å². The lowest BCUT2D eigenvalue weighted by molar-refractivity contribution is -0.114. The highest BCUT2D eigenvalue weighted by molar-refractivity contribution is 5.93. The van der Waals surface area contributed by atoms with Crippen LogP contribution in [0.2, 0.25) is 0 Å². The topological polar surface area (TPSA) is 40.5 Å². The van der Waals surface area contributed by atoms with Gasteiger partial charge in [0, 0.05) is 45.6 Å². The minimum atomic E-state index is -3.25. The fourth-order valence-electron chi connectivity index (χ4n) is 6.94. The van der Waals surface area contributed by atoms with Gasteiger partial charge < -0.3 is 10.0 Å². The molecular weight excluding hydrogens is 394 g/mol. The van der Waals surface area contributed by atoms with Crippen molar-refractivity contribution in [2.75, 3.05) is 18.9 Å². The molecule has 0 unspecified atom stereocenters. The number of ketones is 1. The van der Waals surface area contributed by atoms with E-state index in [1.54, 1.807) is 13.0 Å². The first kappa shape index (κ1) is 12.8. The van der Waals surface area contributed by atoms with E-state index in [-0.39, 0.29) is 34.5 Å². The average Bonchev–Trinajstić information content (AvgIpc) is 3.13. The fourth-order valence-corrected chi connectivity index (χ4v) is 6.94. The summed E-state index contributed by atoms with van der Waals surface area (Å²) < 4.78 is 82.6. The Kier molecular flexibility index (Phi) is 3.05. The van der Waals surface area contributed by atoms with E-state index in [1.807, 2.05) is 6.92 Å². The maximum Gasteiger partial charge on any atom is 0.156 e. The first-order valence-electron chi connectivity index (χ1n) is 16.4. The van der Waals surface area contributed by atoms with Gasteiger partial charge in [-0.3, -0.25) is 4.79 Å². The minimum absolute atomic E-state index is 0.00813. The molecular formula is C29H35NO2. The summed E-state index contributed by atoms with van der Waals surface area (Å²) in [6.45, 7) is -2.86. The molecule has 1 N–H and O–H groups in total. The molecule has 32 heavy (non-hydrogen) atoms. The SMILES string of the molecule is [2H]c1c([2H])c(N(C([2H])([2H])[2H])C([2H])([2H])[2H])c([2H])c([2H])c1[C@H]1C[C@@]2(C)[C@@H](CC[C@@]2(O)C#CC)[C@@H]2CCC3=CC(=O)CCC3=C21. The Bertz CT molecular complexity index is 1440. The predicted octanol–water partition coefficient (Wildman–Crippen LogP) is 5.41. The van der Waals surface area contributed by atoms with Crippen LogP contribution >= 0.6 is 0 Å². The van der Waals surface area contributed by atoms with Crippen molar-refractivity contribution < 1.29 is 23.6 Å².